The van der Waals surface area contributed by atoms with Crippen LogP contribution in [0.5, 0.6) is 5.75 Å². The number of rotatable bonds is 6. The average molecular weight is 334 g/mol. The summed E-state index contributed by atoms with van der Waals surface area (Å²) in [6.45, 7) is 3.31. The van der Waals surface area contributed by atoms with Gasteiger partial charge < -0.3 is 19.6 Å². The van der Waals surface area contributed by atoms with Crippen LogP contribution in [0, 0.1) is 0 Å². The van der Waals surface area contributed by atoms with Gasteiger partial charge in [0, 0.05) is 31.8 Å². The molecule has 0 radical (unpaired) electrons. The van der Waals surface area contributed by atoms with Gasteiger partial charge in [-0.15, -0.1) is 0 Å². The molecule has 7 nitrogen and oxygen atoms in total. The standard InChI is InChI=1S/C17H22N2O5/c1-17(2,16(22)23)18(3)15(21)11-24-13-7-4-6-12(10-13)19-9-5-8-14(19)20/h4,6-7,10H,5,8-9,11H2,1-3H3,(H,22,23). The molecule has 1 heterocycles. The van der Waals surface area contributed by atoms with E-state index in [2.05, 4.69) is 0 Å². The highest BCUT2D eigenvalue weighted by atomic mass is 16.5. The van der Waals surface area contributed by atoms with Crippen molar-refractivity contribution in [3.05, 3.63) is 24.3 Å². The van der Waals surface area contributed by atoms with Crippen molar-refractivity contribution in [1.82, 2.24) is 4.90 Å². The third-order valence-electron chi connectivity index (χ3n) is 4.30. The Balaban J connectivity index is 2.01. The van der Waals surface area contributed by atoms with Crippen LogP contribution in [0.1, 0.15) is 26.7 Å². The average Bonchev–Trinajstić information content (AvgIpc) is 2.98. The van der Waals surface area contributed by atoms with Crippen molar-refractivity contribution in [2.45, 2.75) is 32.2 Å². The Bertz CT molecular complexity index is 656. The number of hydrogen-bond acceptors (Lipinski definition) is 4. The maximum Gasteiger partial charge on any atom is 0.329 e. The van der Waals surface area contributed by atoms with Gasteiger partial charge in [-0.1, -0.05) is 6.07 Å². The summed E-state index contributed by atoms with van der Waals surface area (Å²) in [6.07, 6.45) is 1.37. The molecule has 0 atom stereocenters. The fraction of sp³-hybridized carbons (Fsp3) is 0.471. The molecule has 130 valence electrons. The van der Waals surface area contributed by atoms with Crippen LogP contribution < -0.4 is 9.64 Å². The van der Waals surface area contributed by atoms with Crippen molar-refractivity contribution >= 4 is 23.5 Å². The second kappa shape index (κ2) is 6.90. The van der Waals surface area contributed by atoms with E-state index in [1.807, 2.05) is 6.07 Å². The Kier molecular flexibility index (Phi) is 5.11. The number of amides is 2. The number of likely N-dealkylation sites (N-methyl/N-ethyl adjacent to an activating group) is 1. The van der Waals surface area contributed by atoms with Crippen molar-refractivity contribution in [2.75, 3.05) is 25.1 Å². The summed E-state index contributed by atoms with van der Waals surface area (Å²) in [6, 6.07) is 6.97. The molecule has 2 amide bonds. The van der Waals surface area contributed by atoms with Crippen molar-refractivity contribution in [3.63, 3.8) is 0 Å². The minimum absolute atomic E-state index is 0.0752. The van der Waals surface area contributed by atoms with Crippen LogP contribution in [0.25, 0.3) is 0 Å². The summed E-state index contributed by atoms with van der Waals surface area (Å²) in [5, 5.41) is 9.16. The molecule has 0 spiro atoms. The van der Waals surface area contributed by atoms with E-state index in [0.717, 1.165) is 17.0 Å². The van der Waals surface area contributed by atoms with Gasteiger partial charge in [-0.3, -0.25) is 9.59 Å². The maximum absolute atomic E-state index is 12.1. The Labute approximate surface area is 140 Å². The van der Waals surface area contributed by atoms with E-state index in [0.29, 0.717) is 18.7 Å². The molecule has 1 saturated heterocycles. The van der Waals surface area contributed by atoms with Gasteiger partial charge in [-0.25, -0.2) is 4.79 Å². The topological polar surface area (TPSA) is 87.2 Å². The molecule has 24 heavy (non-hydrogen) atoms. The fourth-order valence-electron chi connectivity index (χ4n) is 2.36. The highest BCUT2D eigenvalue weighted by molar-refractivity contribution is 5.95. The predicted molar refractivity (Wildman–Crippen MR) is 88.0 cm³/mol. The zero-order chi connectivity index (χ0) is 17.9. The summed E-state index contributed by atoms with van der Waals surface area (Å²) in [7, 11) is 1.43. The number of ether oxygens (including phenoxy) is 1. The lowest BCUT2D eigenvalue weighted by molar-refractivity contribution is -0.156. The number of carbonyl (C=O) groups is 3. The van der Waals surface area contributed by atoms with Crippen molar-refractivity contribution < 1.29 is 24.2 Å². The molecule has 1 N–H and O–H groups in total. The molecule has 1 aromatic carbocycles. The molecule has 1 aliphatic heterocycles. The molecule has 1 aromatic rings. The molecule has 1 fully saturated rings. The minimum Gasteiger partial charge on any atom is -0.484 e. The second-order valence-corrected chi connectivity index (χ2v) is 6.25. The zero-order valence-corrected chi connectivity index (χ0v) is 14.1. The van der Waals surface area contributed by atoms with Crippen LogP contribution in [0.2, 0.25) is 0 Å². The maximum atomic E-state index is 12.1. The monoisotopic (exact) mass is 334 g/mol. The van der Waals surface area contributed by atoms with E-state index < -0.39 is 17.4 Å². The smallest absolute Gasteiger partial charge is 0.329 e. The van der Waals surface area contributed by atoms with Crippen molar-refractivity contribution in [2.24, 2.45) is 0 Å². The molecular formula is C17H22N2O5. The molecule has 7 heteroatoms. The number of nitrogens with zero attached hydrogens (tertiary/aromatic N) is 2. The van der Waals surface area contributed by atoms with Gasteiger partial charge >= 0.3 is 5.97 Å². The van der Waals surface area contributed by atoms with E-state index in [4.69, 9.17) is 9.84 Å². The van der Waals surface area contributed by atoms with E-state index in [1.54, 1.807) is 23.1 Å². The number of carboxylic acids is 1. The van der Waals surface area contributed by atoms with Crippen LogP contribution in [0.15, 0.2) is 24.3 Å². The normalized spacial score (nSPS) is 14.6. The first kappa shape index (κ1) is 17.8. The predicted octanol–water partition coefficient (Wildman–Crippen LogP) is 1.51. The van der Waals surface area contributed by atoms with Gasteiger partial charge in [-0.2, -0.15) is 0 Å². The SMILES string of the molecule is CN(C(=O)COc1cccc(N2CCCC2=O)c1)C(C)(C)C(=O)O. The van der Waals surface area contributed by atoms with Gasteiger partial charge in [-0.05, 0) is 32.4 Å². The molecule has 2 rings (SSSR count). The van der Waals surface area contributed by atoms with E-state index in [-0.39, 0.29) is 12.5 Å². The minimum atomic E-state index is -1.32. The van der Waals surface area contributed by atoms with E-state index in [9.17, 15) is 14.4 Å². The highest BCUT2D eigenvalue weighted by Gasteiger charge is 2.35. The van der Waals surface area contributed by atoms with Crippen molar-refractivity contribution in [3.8, 4) is 5.75 Å². The zero-order valence-electron chi connectivity index (χ0n) is 14.1. The number of aliphatic carboxylic acids is 1. The van der Waals surface area contributed by atoms with Crippen LogP contribution in [-0.4, -0.2) is 53.5 Å². The highest BCUT2D eigenvalue weighted by Crippen LogP contribution is 2.25. The largest absolute Gasteiger partial charge is 0.484 e. The summed E-state index contributed by atoms with van der Waals surface area (Å²) in [4.78, 5) is 37.9. The lowest BCUT2D eigenvalue weighted by atomic mass is 10.0. The molecule has 0 aromatic heterocycles. The van der Waals surface area contributed by atoms with E-state index >= 15 is 0 Å². The summed E-state index contributed by atoms with van der Waals surface area (Å²) < 4.78 is 5.48. The van der Waals surface area contributed by atoms with Gasteiger partial charge in [0.15, 0.2) is 6.61 Å². The Morgan fingerprint density at radius 2 is 2.08 bits per heavy atom. The number of benzene rings is 1. The fourth-order valence-corrected chi connectivity index (χ4v) is 2.36. The Hall–Kier alpha value is -2.57. The number of anilines is 1. The number of carboxylic acid groups (broad SMARTS) is 1. The summed E-state index contributed by atoms with van der Waals surface area (Å²) in [5.74, 6) is -0.994. The van der Waals surface area contributed by atoms with Crippen LogP contribution in [0.3, 0.4) is 0 Å². The van der Waals surface area contributed by atoms with Gasteiger partial charge in [0.1, 0.15) is 11.3 Å². The van der Waals surface area contributed by atoms with Crippen LogP contribution in [0.4, 0.5) is 5.69 Å². The van der Waals surface area contributed by atoms with Crippen LogP contribution >= 0.6 is 0 Å². The number of carbonyl (C=O) groups excluding carboxylic acids is 2. The van der Waals surface area contributed by atoms with Gasteiger partial charge in [0.2, 0.25) is 5.91 Å². The lowest BCUT2D eigenvalue weighted by Gasteiger charge is -2.31. The molecule has 0 aliphatic carbocycles. The molecular weight excluding hydrogens is 312 g/mol. The molecule has 0 bridgehead atoms. The number of hydrogen-bond donors (Lipinski definition) is 1. The summed E-state index contributed by atoms with van der Waals surface area (Å²) in [5.41, 5.74) is -0.578. The first-order valence-corrected chi connectivity index (χ1v) is 7.77. The molecule has 0 saturated carbocycles. The van der Waals surface area contributed by atoms with Gasteiger partial charge in [0.25, 0.3) is 5.91 Å². The first-order valence-electron chi connectivity index (χ1n) is 7.77. The van der Waals surface area contributed by atoms with Crippen molar-refractivity contribution in [1.29, 1.82) is 0 Å². The molecule has 1 aliphatic rings. The Morgan fingerprint density at radius 1 is 1.38 bits per heavy atom. The summed E-state index contributed by atoms with van der Waals surface area (Å²) >= 11 is 0. The first-order chi connectivity index (χ1) is 11.2. The quantitative estimate of drug-likeness (QED) is 0.852. The van der Waals surface area contributed by atoms with E-state index in [1.165, 1.54) is 20.9 Å². The molecule has 0 unspecified atom stereocenters. The third-order valence-corrected chi connectivity index (χ3v) is 4.30. The van der Waals surface area contributed by atoms with Crippen LogP contribution in [-0.2, 0) is 14.4 Å². The van der Waals surface area contributed by atoms with Gasteiger partial charge in [0.05, 0.1) is 0 Å². The Morgan fingerprint density at radius 3 is 2.67 bits per heavy atom. The lowest BCUT2D eigenvalue weighted by Crippen LogP contribution is -2.52. The second-order valence-electron chi connectivity index (χ2n) is 6.25. The third kappa shape index (κ3) is 3.67.